The summed E-state index contributed by atoms with van der Waals surface area (Å²) in [7, 11) is -1.99. The molecule has 0 aromatic heterocycles. The maximum absolute atomic E-state index is 12.2. The Hall–Kier alpha value is -1.47. The molecule has 1 fully saturated rings. The van der Waals surface area contributed by atoms with Gasteiger partial charge in [-0.15, -0.1) is 0 Å². The molecule has 1 aromatic carbocycles. The van der Waals surface area contributed by atoms with Gasteiger partial charge in [-0.25, -0.2) is 0 Å². The number of hydrogen-bond donors (Lipinski definition) is 2. The topological polar surface area (TPSA) is 84.7 Å². The van der Waals surface area contributed by atoms with E-state index in [1.165, 1.54) is 11.4 Å². The fourth-order valence-corrected chi connectivity index (χ4v) is 3.39. The molecule has 1 aromatic rings. The summed E-state index contributed by atoms with van der Waals surface area (Å²) in [6.07, 6.45) is 2.90. The summed E-state index contributed by atoms with van der Waals surface area (Å²) >= 11 is 0. The molecule has 7 heteroatoms. The molecule has 0 atom stereocenters. The second-order valence-corrected chi connectivity index (χ2v) is 6.19. The number of ether oxygens (including phenoxy) is 1. The summed E-state index contributed by atoms with van der Waals surface area (Å²) in [5.74, 6) is 0.457. The highest BCUT2D eigenvalue weighted by molar-refractivity contribution is 7.90. The summed E-state index contributed by atoms with van der Waals surface area (Å²) in [5.41, 5.74) is 6.62. The van der Waals surface area contributed by atoms with Crippen molar-refractivity contribution >= 4 is 21.6 Å². The number of anilines is 2. The van der Waals surface area contributed by atoms with Crippen molar-refractivity contribution in [1.29, 1.82) is 0 Å². The monoisotopic (exact) mass is 285 g/mol. The van der Waals surface area contributed by atoms with E-state index in [-0.39, 0.29) is 0 Å². The Kier molecular flexibility index (Phi) is 4.16. The van der Waals surface area contributed by atoms with Gasteiger partial charge in [-0.2, -0.15) is 12.7 Å². The fraction of sp³-hybridized carbons (Fsp3) is 0.500. The molecule has 0 bridgehead atoms. The van der Waals surface area contributed by atoms with Gasteiger partial charge in [0.25, 0.3) is 0 Å². The molecule has 19 heavy (non-hydrogen) atoms. The molecule has 3 N–H and O–H groups in total. The van der Waals surface area contributed by atoms with E-state index in [1.54, 1.807) is 18.2 Å². The first-order valence-electron chi connectivity index (χ1n) is 6.24. The van der Waals surface area contributed by atoms with Gasteiger partial charge in [0, 0.05) is 19.2 Å². The van der Waals surface area contributed by atoms with Gasteiger partial charge in [0.15, 0.2) is 0 Å². The zero-order chi connectivity index (χ0) is 13.9. The average molecular weight is 285 g/mol. The van der Waals surface area contributed by atoms with Crippen molar-refractivity contribution in [2.75, 3.05) is 30.7 Å². The number of nitrogens with one attached hydrogen (secondary N) is 1. The van der Waals surface area contributed by atoms with Crippen LogP contribution in [0.1, 0.15) is 19.3 Å². The Balaban J connectivity index is 2.15. The van der Waals surface area contributed by atoms with Crippen LogP contribution in [0, 0.1) is 0 Å². The molecule has 0 saturated carbocycles. The van der Waals surface area contributed by atoms with Crippen LogP contribution >= 0.6 is 0 Å². The SMILES string of the molecule is COc1cc(NS(=O)(=O)N2CCCCC2)ccc1N. The van der Waals surface area contributed by atoms with Crippen molar-refractivity contribution in [2.24, 2.45) is 0 Å². The van der Waals surface area contributed by atoms with Crippen LogP contribution in [-0.4, -0.2) is 32.9 Å². The first-order valence-corrected chi connectivity index (χ1v) is 7.68. The standard InChI is InChI=1S/C12H19N3O3S/c1-18-12-9-10(5-6-11(12)13)14-19(16,17)15-7-3-2-4-8-15/h5-6,9,14H,2-4,7-8,13H2,1H3. The zero-order valence-electron chi connectivity index (χ0n) is 10.9. The molecule has 0 unspecified atom stereocenters. The summed E-state index contributed by atoms with van der Waals surface area (Å²) in [6.45, 7) is 1.14. The lowest BCUT2D eigenvalue weighted by atomic mass is 10.2. The molecule has 2 rings (SSSR count). The van der Waals surface area contributed by atoms with E-state index in [0.717, 1.165) is 19.3 Å². The zero-order valence-corrected chi connectivity index (χ0v) is 11.7. The van der Waals surface area contributed by atoms with E-state index >= 15 is 0 Å². The number of methoxy groups -OCH3 is 1. The third-order valence-corrected chi connectivity index (χ3v) is 4.67. The molecule has 1 aliphatic heterocycles. The van der Waals surface area contributed by atoms with E-state index in [4.69, 9.17) is 10.5 Å². The molecule has 1 aliphatic rings. The van der Waals surface area contributed by atoms with Gasteiger partial charge >= 0.3 is 10.2 Å². The number of hydrogen-bond acceptors (Lipinski definition) is 4. The van der Waals surface area contributed by atoms with Crippen LogP contribution < -0.4 is 15.2 Å². The van der Waals surface area contributed by atoms with Crippen LogP contribution in [0.25, 0.3) is 0 Å². The molecule has 0 aliphatic carbocycles. The molecule has 106 valence electrons. The van der Waals surface area contributed by atoms with E-state index < -0.39 is 10.2 Å². The van der Waals surface area contributed by atoms with Crippen molar-refractivity contribution in [3.63, 3.8) is 0 Å². The summed E-state index contributed by atoms with van der Waals surface area (Å²) in [5, 5.41) is 0. The highest BCUT2D eigenvalue weighted by atomic mass is 32.2. The predicted octanol–water partition coefficient (Wildman–Crippen LogP) is 1.42. The first kappa shape index (κ1) is 14.0. The minimum absolute atomic E-state index is 0.455. The van der Waals surface area contributed by atoms with E-state index in [0.29, 0.717) is 30.2 Å². The molecule has 1 saturated heterocycles. The maximum Gasteiger partial charge on any atom is 0.301 e. The van der Waals surface area contributed by atoms with Gasteiger partial charge in [0.2, 0.25) is 0 Å². The molecule has 0 spiro atoms. The van der Waals surface area contributed by atoms with Crippen molar-refractivity contribution < 1.29 is 13.2 Å². The Bertz CT molecular complexity index is 539. The van der Waals surface area contributed by atoms with E-state index in [2.05, 4.69) is 4.72 Å². The Labute approximate surface area is 113 Å². The van der Waals surface area contributed by atoms with Crippen LogP contribution in [0.15, 0.2) is 18.2 Å². The van der Waals surface area contributed by atoms with Crippen LogP contribution in [0.5, 0.6) is 5.75 Å². The van der Waals surface area contributed by atoms with Crippen LogP contribution in [0.3, 0.4) is 0 Å². The minimum atomic E-state index is -3.49. The summed E-state index contributed by atoms with van der Waals surface area (Å²) < 4.78 is 33.5. The Morgan fingerprint density at radius 2 is 1.95 bits per heavy atom. The second kappa shape index (κ2) is 5.66. The number of nitrogens with zero attached hydrogens (tertiary/aromatic N) is 1. The third-order valence-electron chi connectivity index (χ3n) is 3.14. The first-order chi connectivity index (χ1) is 9.03. The molecular weight excluding hydrogens is 266 g/mol. The van der Waals surface area contributed by atoms with Crippen molar-refractivity contribution in [1.82, 2.24) is 4.31 Å². The number of rotatable bonds is 4. The van der Waals surface area contributed by atoms with E-state index in [1.807, 2.05) is 0 Å². The lowest BCUT2D eigenvalue weighted by Gasteiger charge is -2.26. The van der Waals surface area contributed by atoms with Crippen molar-refractivity contribution in [3.8, 4) is 5.75 Å². The highest BCUT2D eigenvalue weighted by Gasteiger charge is 2.23. The quantitative estimate of drug-likeness (QED) is 0.819. The van der Waals surface area contributed by atoms with Gasteiger partial charge in [0.1, 0.15) is 5.75 Å². The number of nitrogens with two attached hydrogens (primary N) is 1. The molecular formula is C12H19N3O3S. The smallest absolute Gasteiger partial charge is 0.301 e. The number of nitrogen functional groups attached to an aromatic ring is 1. The molecule has 6 nitrogen and oxygen atoms in total. The predicted molar refractivity (Wildman–Crippen MR) is 75.4 cm³/mol. The third kappa shape index (κ3) is 3.30. The van der Waals surface area contributed by atoms with Gasteiger partial charge in [-0.3, -0.25) is 4.72 Å². The Morgan fingerprint density at radius 1 is 1.26 bits per heavy atom. The van der Waals surface area contributed by atoms with Crippen LogP contribution in [0.2, 0.25) is 0 Å². The largest absolute Gasteiger partial charge is 0.495 e. The van der Waals surface area contributed by atoms with Gasteiger partial charge < -0.3 is 10.5 Å². The summed E-state index contributed by atoms with van der Waals surface area (Å²) in [4.78, 5) is 0. The minimum Gasteiger partial charge on any atom is -0.495 e. The number of benzene rings is 1. The molecule has 1 heterocycles. The van der Waals surface area contributed by atoms with Gasteiger partial charge in [-0.05, 0) is 25.0 Å². The van der Waals surface area contributed by atoms with Gasteiger partial charge in [0.05, 0.1) is 18.5 Å². The number of piperidine rings is 1. The fourth-order valence-electron chi connectivity index (χ4n) is 2.09. The highest BCUT2D eigenvalue weighted by Crippen LogP contribution is 2.26. The van der Waals surface area contributed by atoms with Crippen molar-refractivity contribution in [2.45, 2.75) is 19.3 Å². The average Bonchev–Trinajstić information content (AvgIpc) is 2.42. The van der Waals surface area contributed by atoms with E-state index in [9.17, 15) is 8.42 Å². The van der Waals surface area contributed by atoms with Crippen molar-refractivity contribution in [3.05, 3.63) is 18.2 Å². The molecule has 0 radical (unpaired) electrons. The lowest BCUT2D eigenvalue weighted by Crippen LogP contribution is -2.39. The Morgan fingerprint density at radius 3 is 2.58 bits per heavy atom. The lowest BCUT2D eigenvalue weighted by molar-refractivity contribution is 0.349. The summed E-state index contributed by atoms with van der Waals surface area (Å²) in [6, 6.07) is 4.82. The van der Waals surface area contributed by atoms with Gasteiger partial charge in [-0.1, -0.05) is 6.42 Å². The normalized spacial score (nSPS) is 17.1. The van der Waals surface area contributed by atoms with Crippen LogP contribution in [0.4, 0.5) is 11.4 Å². The second-order valence-electron chi connectivity index (χ2n) is 4.52. The molecule has 0 amide bonds. The van der Waals surface area contributed by atoms with Crippen LogP contribution in [-0.2, 0) is 10.2 Å². The maximum atomic E-state index is 12.2.